The third kappa shape index (κ3) is 3.87. The summed E-state index contributed by atoms with van der Waals surface area (Å²) in [7, 11) is 0. The second-order valence-electron chi connectivity index (χ2n) is 7.07. The second kappa shape index (κ2) is 7.27. The number of carboxylic acid groups (broad SMARTS) is 1. The molecule has 0 unspecified atom stereocenters. The van der Waals surface area contributed by atoms with Gasteiger partial charge in [-0.1, -0.05) is 19.9 Å². The molecule has 0 aliphatic carbocycles. The average Bonchev–Trinajstić information content (AvgIpc) is 2.60. The SMILES string of the molecule is CC(C)Oc1ccc(C(C)C)cc1-c1cc(=O)c2cc(C(=O)O)ccc2o1. The first kappa shape index (κ1) is 18.7. The molecule has 0 spiro atoms. The molecule has 0 fully saturated rings. The van der Waals surface area contributed by atoms with Crippen molar-refractivity contribution in [1.82, 2.24) is 0 Å². The highest BCUT2D eigenvalue weighted by Gasteiger charge is 2.16. The number of aromatic carboxylic acids is 1. The Labute approximate surface area is 157 Å². The van der Waals surface area contributed by atoms with Crippen molar-refractivity contribution in [2.24, 2.45) is 0 Å². The number of ether oxygens (including phenoxy) is 1. The zero-order valence-corrected chi connectivity index (χ0v) is 15.8. The van der Waals surface area contributed by atoms with Crippen molar-refractivity contribution < 1.29 is 19.1 Å². The first-order valence-corrected chi connectivity index (χ1v) is 8.88. The van der Waals surface area contributed by atoms with E-state index < -0.39 is 5.97 Å². The molecule has 0 radical (unpaired) electrons. The number of hydrogen-bond acceptors (Lipinski definition) is 4. The van der Waals surface area contributed by atoms with E-state index in [1.807, 2.05) is 32.0 Å². The maximum atomic E-state index is 12.6. The minimum atomic E-state index is -1.09. The fourth-order valence-corrected chi connectivity index (χ4v) is 2.88. The van der Waals surface area contributed by atoms with E-state index in [0.29, 0.717) is 28.6 Å². The van der Waals surface area contributed by atoms with Crippen LogP contribution >= 0.6 is 0 Å². The summed E-state index contributed by atoms with van der Waals surface area (Å²) >= 11 is 0. The third-order valence-corrected chi connectivity index (χ3v) is 4.27. The van der Waals surface area contributed by atoms with Gasteiger partial charge in [0.15, 0.2) is 5.43 Å². The zero-order valence-electron chi connectivity index (χ0n) is 15.8. The van der Waals surface area contributed by atoms with E-state index in [4.69, 9.17) is 14.3 Å². The molecule has 1 aromatic heterocycles. The van der Waals surface area contributed by atoms with E-state index in [1.165, 1.54) is 24.3 Å². The summed E-state index contributed by atoms with van der Waals surface area (Å²) in [6.07, 6.45) is -0.0287. The molecule has 5 heteroatoms. The fraction of sp³-hybridized carbons (Fsp3) is 0.273. The Bertz CT molecular complexity index is 1060. The van der Waals surface area contributed by atoms with Crippen LogP contribution in [0.5, 0.6) is 5.75 Å². The van der Waals surface area contributed by atoms with Gasteiger partial charge >= 0.3 is 5.97 Å². The molecular formula is C22H22O5. The molecular weight excluding hydrogens is 344 g/mol. The highest BCUT2D eigenvalue weighted by atomic mass is 16.5. The van der Waals surface area contributed by atoms with E-state index in [1.54, 1.807) is 0 Å². The monoisotopic (exact) mass is 366 g/mol. The van der Waals surface area contributed by atoms with Gasteiger partial charge in [0.05, 0.1) is 22.6 Å². The minimum Gasteiger partial charge on any atom is -0.490 e. The van der Waals surface area contributed by atoms with Crippen molar-refractivity contribution in [3.63, 3.8) is 0 Å². The average molecular weight is 366 g/mol. The van der Waals surface area contributed by atoms with Crippen molar-refractivity contribution in [2.45, 2.75) is 39.7 Å². The van der Waals surface area contributed by atoms with Gasteiger partial charge in [0, 0.05) is 6.07 Å². The van der Waals surface area contributed by atoms with E-state index in [9.17, 15) is 9.59 Å². The van der Waals surface area contributed by atoms with Crippen LogP contribution in [0.4, 0.5) is 0 Å². The largest absolute Gasteiger partial charge is 0.490 e. The van der Waals surface area contributed by atoms with E-state index in [0.717, 1.165) is 5.56 Å². The number of benzene rings is 2. The molecule has 3 rings (SSSR count). The van der Waals surface area contributed by atoms with Gasteiger partial charge in [0.2, 0.25) is 0 Å². The maximum Gasteiger partial charge on any atom is 0.335 e. The molecule has 5 nitrogen and oxygen atoms in total. The standard InChI is InChI=1S/C22H22O5/c1-12(2)14-5-7-20(26-13(3)4)17(9-14)21-11-18(23)16-10-15(22(24)25)6-8-19(16)27-21/h5-13H,1-4H3,(H,24,25). The lowest BCUT2D eigenvalue weighted by Gasteiger charge is -2.16. The number of carbonyl (C=O) groups is 1. The van der Waals surface area contributed by atoms with Crippen LogP contribution in [0.3, 0.4) is 0 Å². The molecule has 0 saturated heterocycles. The van der Waals surface area contributed by atoms with Crippen LogP contribution in [-0.4, -0.2) is 17.2 Å². The lowest BCUT2D eigenvalue weighted by Crippen LogP contribution is -2.08. The molecule has 3 aromatic rings. The summed E-state index contributed by atoms with van der Waals surface area (Å²) in [4.78, 5) is 23.7. The summed E-state index contributed by atoms with van der Waals surface area (Å²) in [6.45, 7) is 8.05. The van der Waals surface area contributed by atoms with Crippen molar-refractivity contribution in [3.05, 3.63) is 63.8 Å². The van der Waals surface area contributed by atoms with Crippen LogP contribution in [0.25, 0.3) is 22.3 Å². The number of rotatable bonds is 5. The van der Waals surface area contributed by atoms with Gasteiger partial charge < -0.3 is 14.3 Å². The van der Waals surface area contributed by atoms with Crippen molar-refractivity contribution in [2.75, 3.05) is 0 Å². The third-order valence-electron chi connectivity index (χ3n) is 4.27. The van der Waals surface area contributed by atoms with Crippen LogP contribution < -0.4 is 10.2 Å². The van der Waals surface area contributed by atoms with Crippen LogP contribution in [0.1, 0.15) is 49.5 Å². The molecule has 0 atom stereocenters. The minimum absolute atomic E-state index is 0.0287. The maximum absolute atomic E-state index is 12.6. The molecule has 140 valence electrons. The Kier molecular flexibility index (Phi) is 5.04. The smallest absolute Gasteiger partial charge is 0.335 e. The summed E-state index contributed by atoms with van der Waals surface area (Å²) in [6, 6.07) is 11.5. The first-order chi connectivity index (χ1) is 12.8. The Hall–Kier alpha value is -3.08. The topological polar surface area (TPSA) is 76.7 Å². The molecule has 1 N–H and O–H groups in total. The van der Waals surface area contributed by atoms with Crippen molar-refractivity contribution in [1.29, 1.82) is 0 Å². The predicted octanol–water partition coefficient (Wildman–Crippen LogP) is 5.07. The van der Waals surface area contributed by atoms with E-state index >= 15 is 0 Å². The van der Waals surface area contributed by atoms with Crippen molar-refractivity contribution >= 4 is 16.9 Å². The second-order valence-corrected chi connectivity index (χ2v) is 7.07. The Morgan fingerprint density at radius 1 is 1.04 bits per heavy atom. The highest BCUT2D eigenvalue weighted by molar-refractivity contribution is 5.93. The molecule has 1 heterocycles. The number of fused-ring (bicyclic) bond motifs is 1. The summed E-state index contributed by atoms with van der Waals surface area (Å²) in [5.41, 5.74) is 1.90. The van der Waals surface area contributed by atoms with Gasteiger partial charge in [-0.25, -0.2) is 4.79 Å². The van der Waals surface area contributed by atoms with E-state index in [2.05, 4.69) is 13.8 Å². The summed E-state index contributed by atoms with van der Waals surface area (Å²) in [5, 5.41) is 9.36. The van der Waals surface area contributed by atoms with Gasteiger partial charge in [0.25, 0.3) is 0 Å². The van der Waals surface area contributed by atoms with Crippen LogP contribution in [0.15, 0.2) is 51.7 Å². The lowest BCUT2D eigenvalue weighted by atomic mass is 9.98. The summed E-state index contributed by atoms with van der Waals surface area (Å²) < 4.78 is 11.8. The lowest BCUT2D eigenvalue weighted by molar-refractivity contribution is 0.0697. The van der Waals surface area contributed by atoms with Gasteiger partial charge in [-0.3, -0.25) is 4.79 Å². The highest BCUT2D eigenvalue weighted by Crippen LogP contribution is 2.34. The molecule has 0 saturated carbocycles. The van der Waals surface area contributed by atoms with Crippen molar-refractivity contribution in [3.8, 4) is 17.1 Å². The fourth-order valence-electron chi connectivity index (χ4n) is 2.88. The summed E-state index contributed by atoms with van der Waals surface area (Å²) in [5.74, 6) is 0.257. The Morgan fingerprint density at radius 3 is 2.41 bits per heavy atom. The molecule has 27 heavy (non-hydrogen) atoms. The normalized spacial score (nSPS) is 11.3. The number of carboxylic acids is 1. The van der Waals surface area contributed by atoms with Crippen LogP contribution in [-0.2, 0) is 0 Å². The molecule has 2 aromatic carbocycles. The molecule has 0 aliphatic heterocycles. The molecule has 0 bridgehead atoms. The first-order valence-electron chi connectivity index (χ1n) is 8.88. The quantitative estimate of drug-likeness (QED) is 0.682. The Morgan fingerprint density at radius 2 is 1.78 bits per heavy atom. The predicted molar refractivity (Wildman–Crippen MR) is 105 cm³/mol. The van der Waals surface area contributed by atoms with Crippen LogP contribution in [0, 0.1) is 0 Å². The van der Waals surface area contributed by atoms with Crippen LogP contribution in [0.2, 0.25) is 0 Å². The van der Waals surface area contributed by atoms with Gasteiger partial charge in [-0.05, 0) is 55.7 Å². The van der Waals surface area contributed by atoms with E-state index in [-0.39, 0.29) is 22.5 Å². The zero-order chi connectivity index (χ0) is 19.7. The van der Waals surface area contributed by atoms with Gasteiger partial charge in [-0.2, -0.15) is 0 Å². The van der Waals surface area contributed by atoms with Gasteiger partial charge in [0.1, 0.15) is 17.1 Å². The number of hydrogen-bond donors (Lipinski definition) is 1. The molecule has 0 aliphatic rings. The Balaban J connectivity index is 2.21. The van der Waals surface area contributed by atoms with Gasteiger partial charge in [-0.15, -0.1) is 0 Å². The molecule has 0 amide bonds.